The zero-order valence-corrected chi connectivity index (χ0v) is 9.93. The highest BCUT2D eigenvalue weighted by Gasteiger charge is 2.17. The first-order valence-electron chi connectivity index (χ1n) is 5.86. The van der Waals surface area contributed by atoms with Gasteiger partial charge in [-0.15, -0.1) is 0 Å². The molecule has 1 aliphatic heterocycles. The lowest BCUT2D eigenvalue weighted by Gasteiger charge is -2.22. The van der Waals surface area contributed by atoms with Gasteiger partial charge in [0.15, 0.2) is 0 Å². The molecule has 1 fully saturated rings. The molecule has 0 atom stereocenters. The van der Waals surface area contributed by atoms with Gasteiger partial charge in [0.1, 0.15) is 11.6 Å². The maximum atomic E-state index is 10.9. The Bertz CT molecular complexity index is 487. The summed E-state index contributed by atoms with van der Waals surface area (Å²) >= 11 is 0. The summed E-state index contributed by atoms with van der Waals surface area (Å²) in [6.45, 7) is 3.53. The average Bonchev–Trinajstić information content (AvgIpc) is 2.66. The maximum absolute atomic E-state index is 10.9. The molecule has 6 nitrogen and oxygen atoms in total. The van der Waals surface area contributed by atoms with Crippen molar-refractivity contribution in [2.45, 2.75) is 6.42 Å². The first kappa shape index (κ1) is 12.3. The predicted octanol–water partition coefficient (Wildman–Crippen LogP) is 1.27. The topological polar surface area (TPSA) is 82.2 Å². The van der Waals surface area contributed by atoms with Crippen LogP contribution in [-0.2, 0) is 0 Å². The number of nitrogens with one attached hydrogen (secondary N) is 1. The van der Waals surface area contributed by atoms with E-state index in [1.807, 2.05) is 6.07 Å². The number of nitro groups is 1. The standard InChI is InChI=1S/C12H14N4O2/c13-9-10-2-3-11(8-12(10)16(17)18)15-6-1-4-14-5-7-15/h2-3,8,14H,1,4-7H2. The van der Waals surface area contributed by atoms with Crippen molar-refractivity contribution >= 4 is 11.4 Å². The van der Waals surface area contributed by atoms with E-state index >= 15 is 0 Å². The van der Waals surface area contributed by atoms with Gasteiger partial charge in [-0.05, 0) is 25.1 Å². The zero-order valence-electron chi connectivity index (χ0n) is 9.93. The highest BCUT2D eigenvalue weighted by atomic mass is 16.6. The van der Waals surface area contributed by atoms with E-state index in [-0.39, 0.29) is 11.3 Å². The van der Waals surface area contributed by atoms with Gasteiger partial charge >= 0.3 is 0 Å². The number of nitrogens with zero attached hydrogens (tertiary/aromatic N) is 3. The van der Waals surface area contributed by atoms with Crippen LogP contribution in [0.5, 0.6) is 0 Å². The third-order valence-corrected chi connectivity index (χ3v) is 3.00. The fourth-order valence-corrected chi connectivity index (χ4v) is 2.07. The lowest BCUT2D eigenvalue weighted by atomic mass is 10.1. The van der Waals surface area contributed by atoms with Crippen LogP contribution in [0.3, 0.4) is 0 Å². The Morgan fingerprint density at radius 3 is 2.94 bits per heavy atom. The van der Waals surface area contributed by atoms with Crippen molar-refractivity contribution in [1.82, 2.24) is 5.32 Å². The van der Waals surface area contributed by atoms with Gasteiger partial charge in [-0.25, -0.2) is 0 Å². The van der Waals surface area contributed by atoms with Crippen molar-refractivity contribution in [2.24, 2.45) is 0 Å². The van der Waals surface area contributed by atoms with Crippen LogP contribution in [0.4, 0.5) is 11.4 Å². The van der Waals surface area contributed by atoms with Crippen LogP contribution in [0, 0.1) is 21.4 Å². The van der Waals surface area contributed by atoms with Gasteiger partial charge in [0.25, 0.3) is 5.69 Å². The maximum Gasteiger partial charge on any atom is 0.289 e. The van der Waals surface area contributed by atoms with Crippen molar-refractivity contribution in [1.29, 1.82) is 5.26 Å². The molecular weight excluding hydrogens is 232 g/mol. The molecule has 1 aromatic rings. The third kappa shape index (κ3) is 2.57. The largest absolute Gasteiger partial charge is 0.370 e. The Kier molecular flexibility index (Phi) is 3.75. The molecule has 1 heterocycles. The van der Waals surface area contributed by atoms with Crippen LogP contribution >= 0.6 is 0 Å². The molecule has 94 valence electrons. The SMILES string of the molecule is N#Cc1ccc(N2CCCNCC2)cc1[N+](=O)[O-]. The molecule has 0 unspecified atom stereocenters. The van der Waals surface area contributed by atoms with Crippen molar-refractivity contribution in [3.63, 3.8) is 0 Å². The Balaban J connectivity index is 2.31. The first-order valence-corrected chi connectivity index (χ1v) is 5.86. The highest BCUT2D eigenvalue weighted by molar-refractivity contribution is 5.60. The monoisotopic (exact) mass is 246 g/mol. The molecule has 1 aromatic carbocycles. The van der Waals surface area contributed by atoms with Crippen LogP contribution < -0.4 is 10.2 Å². The van der Waals surface area contributed by atoms with Gasteiger partial charge in [-0.2, -0.15) is 5.26 Å². The molecule has 6 heteroatoms. The fraction of sp³-hybridized carbons (Fsp3) is 0.417. The Morgan fingerprint density at radius 2 is 2.22 bits per heavy atom. The summed E-state index contributed by atoms with van der Waals surface area (Å²) in [5.74, 6) is 0. The smallest absolute Gasteiger partial charge is 0.289 e. The number of hydrogen-bond donors (Lipinski definition) is 1. The number of anilines is 1. The molecule has 2 rings (SSSR count). The second kappa shape index (κ2) is 5.47. The molecule has 0 aliphatic carbocycles. The Labute approximate surface area is 105 Å². The van der Waals surface area contributed by atoms with Crippen molar-refractivity contribution in [3.8, 4) is 6.07 Å². The van der Waals surface area contributed by atoms with Gasteiger partial charge in [-0.3, -0.25) is 10.1 Å². The Hall–Kier alpha value is -2.13. The molecule has 0 bridgehead atoms. The molecule has 0 spiro atoms. The van der Waals surface area contributed by atoms with E-state index in [1.54, 1.807) is 6.07 Å². The van der Waals surface area contributed by atoms with Crippen molar-refractivity contribution in [2.75, 3.05) is 31.1 Å². The molecule has 0 amide bonds. The van der Waals surface area contributed by atoms with Gasteiger partial charge in [0.05, 0.1) is 4.92 Å². The summed E-state index contributed by atoms with van der Waals surface area (Å²) in [6, 6.07) is 6.63. The van der Waals surface area contributed by atoms with Gasteiger partial charge in [0.2, 0.25) is 0 Å². The molecule has 18 heavy (non-hydrogen) atoms. The number of nitro benzene ring substituents is 1. The molecule has 1 N–H and O–H groups in total. The Morgan fingerprint density at radius 1 is 1.39 bits per heavy atom. The molecule has 0 saturated carbocycles. The average molecular weight is 246 g/mol. The molecule has 0 aromatic heterocycles. The van der Waals surface area contributed by atoms with Crippen LogP contribution in [0.15, 0.2) is 18.2 Å². The van der Waals surface area contributed by atoms with E-state index < -0.39 is 4.92 Å². The minimum absolute atomic E-state index is 0.108. The second-order valence-electron chi connectivity index (χ2n) is 4.16. The van der Waals surface area contributed by atoms with Crippen molar-refractivity contribution in [3.05, 3.63) is 33.9 Å². The number of benzene rings is 1. The minimum atomic E-state index is -0.502. The minimum Gasteiger partial charge on any atom is -0.370 e. The number of rotatable bonds is 2. The molecule has 0 radical (unpaired) electrons. The van der Waals surface area contributed by atoms with E-state index in [4.69, 9.17) is 5.26 Å². The van der Waals surface area contributed by atoms with Gasteiger partial charge in [0, 0.05) is 31.4 Å². The summed E-state index contributed by atoms with van der Waals surface area (Å²) in [7, 11) is 0. The third-order valence-electron chi connectivity index (χ3n) is 3.00. The normalized spacial score (nSPS) is 15.8. The van der Waals surface area contributed by atoms with E-state index in [1.165, 1.54) is 12.1 Å². The lowest BCUT2D eigenvalue weighted by molar-refractivity contribution is -0.385. The van der Waals surface area contributed by atoms with Crippen molar-refractivity contribution < 1.29 is 4.92 Å². The van der Waals surface area contributed by atoms with Crippen LogP contribution in [0.1, 0.15) is 12.0 Å². The van der Waals surface area contributed by atoms with Crippen LogP contribution in [-0.4, -0.2) is 31.1 Å². The van der Waals surface area contributed by atoms with E-state index in [0.717, 1.165) is 38.3 Å². The predicted molar refractivity (Wildman–Crippen MR) is 67.5 cm³/mol. The molecule has 1 saturated heterocycles. The number of nitriles is 1. The zero-order chi connectivity index (χ0) is 13.0. The summed E-state index contributed by atoms with van der Waals surface area (Å²) in [5.41, 5.74) is 0.799. The summed E-state index contributed by atoms with van der Waals surface area (Å²) in [6.07, 6.45) is 1.01. The van der Waals surface area contributed by atoms with E-state index in [2.05, 4.69) is 10.2 Å². The molecular formula is C12H14N4O2. The van der Waals surface area contributed by atoms with Crippen LogP contribution in [0.25, 0.3) is 0 Å². The lowest BCUT2D eigenvalue weighted by Crippen LogP contribution is -2.27. The second-order valence-corrected chi connectivity index (χ2v) is 4.16. The van der Waals surface area contributed by atoms with Gasteiger partial charge in [-0.1, -0.05) is 0 Å². The first-order chi connectivity index (χ1) is 8.72. The summed E-state index contributed by atoms with van der Waals surface area (Å²) in [5, 5.41) is 23.0. The molecule has 1 aliphatic rings. The van der Waals surface area contributed by atoms with Crippen LogP contribution in [0.2, 0.25) is 0 Å². The quantitative estimate of drug-likeness (QED) is 0.627. The summed E-state index contributed by atoms with van der Waals surface area (Å²) < 4.78 is 0. The number of hydrogen-bond acceptors (Lipinski definition) is 5. The van der Waals surface area contributed by atoms with E-state index in [9.17, 15) is 10.1 Å². The highest BCUT2D eigenvalue weighted by Crippen LogP contribution is 2.25. The van der Waals surface area contributed by atoms with Gasteiger partial charge < -0.3 is 10.2 Å². The fourth-order valence-electron chi connectivity index (χ4n) is 2.07. The van der Waals surface area contributed by atoms with E-state index in [0.29, 0.717) is 0 Å². The summed E-state index contributed by atoms with van der Waals surface area (Å²) in [4.78, 5) is 12.5.